The molecule has 2 fully saturated rings. The molecule has 1 aromatic heterocycles. The van der Waals surface area contributed by atoms with E-state index in [4.69, 9.17) is 0 Å². The highest BCUT2D eigenvalue weighted by atomic mass is 19.4. The number of piperazine rings is 1. The molecule has 1 aromatic carbocycles. The van der Waals surface area contributed by atoms with Gasteiger partial charge in [-0.1, -0.05) is 26.3 Å². The van der Waals surface area contributed by atoms with Crippen LogP contribution in [0.2, 0.25) is 0 Å². The molecule has 0 radical (unpaired) electrons. The number of Topliss-reactive ketones (excluding diaryl/α,β-unsaturated/α-hetero) is 1. The molecule has 1 saturated carbocycles. The Morgan fingerprint density at radius 3 is 2.55 bits per heavy atom. The van der Waals surface area contributed by atoms with Gasteiger partial charge in [-0.3, -0.25) is 9.59 Å². The second-order valence-corrected chi connectivity index (χ2v) is 10.9. The fraction of sp³-hybridized carbons (Fsp3) is 0.571. The van der Waals surface area contributed by atoms with E-state index in [1.807, 2.05) is 20.9 Å². The molecule has 1 saturated heterocycles. The zero-order chi connectivity index (χ0) is 27.4. The number of ketones is 1. The van der Waals surface area contributed by atoms with Gasteiger partial charge in [-0.05, 0) is 56.3 Å². The molecule has 206 valence electrons. The second-order valence-electron chi connectivity index (χ2n) is 10.9. The van der Waals surface area contributed by atoms with Crippen LogP contribution < -0.4 is 5.32 Å². The van der Waals surface area contributed by atoms with Crippen molar-refractivity contribution in [3.63, 3.8) is 0 Å². The topological polar surface area (TPSA) is 78.4 Å². The largest absolute Gasteiger partial charge is 0.419 e. The summed E-state index contributed by atoms with van der Waals surface area (Å²) in [5, 5.41) is 2.98. The number of rotatable bonds is 8. The number of carbonyl (C=O) groups excluding carboxylic acids is 2. The summed E-state index contributed by atoms with van der Waals surface area (Å²) in [5.74, 6) is -0.125. The summed E-state index contributed by atoms with van der Waals surface area (Å²) in [6.45, 7) is 6.83. The monoisotopic (exact) mass is 531 g/mol. The molecule has 1 aliphatic heterocycles. The Hall–Kier alpha value is -3.01. The van der Waals surface area contributed by atoms with Crippen molar-refractivity contribution < 1.29 is 22.8 Å². The van der Waals surface area contributed by atoms with Gasteiger partial charge in [0.05, 0.1) is 11.3 Å². The van der Waals surface area contributed by atoms with Gasteiger partial charge in [-0.2, -0.15) is 13.2 Å². The predicted molar refractivity (Wildman–Crippen MR) is 139 cm³/mol. The van der Waals surface area contributed by atoms with Gasteiger partial charge in [0.1, 0.15) is 5.78 Å². The quantitative estimate of drug-likeness (QED) is 0.505. The maximum Gasteiger partial charge on any atom is 0.419 e. The number of nitrogens with zero attached hydrogens (tertiary/aromatic N) is 4. The Morgan fingerprint density at radius 2 is 1.87 bits per heavy atom. The van der Waals surface area contributed by atoms with Gasteiger partial charge in [0.25, 0.3) is 5.91 Å². The number of alkyl halides is 3. The summed E-state index contributed by atoms with van der Waals surface area (Å²) in [6.07, 6.45) is -1.04. The van der Waals surface area contributed by atoms with E-state index in [2.05, 4.69) is 20.2 Å². The normalized spacial score (nSPS) is 20.7. The average Bonchev–Trinajstić information content (AvgIpc) is 3.31. The molecule has 4 rings (SSSR count). The third kappa shape index (κ3) is 6.89. The van der Waals surface area contributed by atoms with E-state index < -0.39 is 11.7 Å². The van der Waals surface area contributed by atoms with Gasteiger partial charge in [0, 0.05) is 56.0 Å². The summed E-state index contributed by atoms with van der Waals surface area (Å²) in [4.78, 5) is 37.9. The van der Waals surface area contributed by atoms with Crippen LogP contribution in [0.5, 0.6) is 0 Å². The maximum atomic E-state index is 13.8. The molecule has 0 bridgehead atoms. The number of carbonyl (C=O) groups is 2. The van der Waals surface area contributed by atoms with Crippen molar-refractivity contribution in [1.82, 2.24) is 19.8 Å². The zero-order valence-corrected chi connectivity index (χ0v) is 22.2. The molecule has 2 aromatic rings. The fourth-order valence-corrected chi connectivity index (χ4v) is 5.43. The van der Waals surface area contributed by atoms with Crippen LogP contribution in [0.1, 0.15) is 61.1 Å². The lowest BCUT2D eigenvalue weighted by atomic mass is 9.84. The Morgan fingerprint density at radius 1 is 1.13 bits per heavy atom. The Bertz CT molecular complexity index is 1150. The summed E-state index contributed by atoms with van der Waals surface area (Å²) in [7, 11) is 2.01. The number of anilines is 2. The zero-order valence-electron chi connectivity index (χ0n) is 22.2. The van der Waals surface area contributed by atoms with Crippen LogP contribution in [0.25, 0.3) is 0 Å². The first kappa shape index (κ1) is 28.0. The lowest BCUT2D eigenvalue weighted by Crippen LogP contribution is -2.47. The van der Waals surface area contributed by atoms with Gasteiger partial charge in [-0.25, -0.2) is 9.97 Å². The number of aromatic nitrogens is 2. The van der Waals surface area contributed by atoms with Gasteiger partial charge in [-0.15, -0.1) is 0 Å². The van der Waals surface area contributed by atoms with E-state index in [0.717, 1.165) is 25.7 Å². The van der Waals surface area contributed by atoms with Gasteiger partial charge in [0.2, 0.25) is 5.95 Å². The van der Waals surface area contributed by atoms with Crippen LogP contribution in [0.3, 0.4) is 0 Å². The first-order valence-corrected chi connectivity index (χ1v) is 13.3. The lowest BCUT2D eigenvalue weighted by molar-refractivity contribution is -0.138. The lowest BCUT2D eigenvalue weighted by Gasteiger charge is -2.32. The summed E-state index contributed by atoms with van der Waals surface area (Å²) in [6, 6.07) is 6.83. The van der Waals surface area contributed by atoms with Crippen LogP contribution in [0.4, 0.5) is 24.8 Å². The molecular formula is C28H36F3N5O2. The minimum Gasteiger partial charge on any atom is -0.336 e. The Labute approximate surface area is 221 Å². The molecule has 10 heteroatoms. The minimum atomic E-state index is -4.60. The van der Waals surface area contributed by atoms with Crippen LogP contribution in [0, 0.1) is 17.8 Å². The van der Waals surface area contributed by atoms with Gasteiger partial charge in [0.15, 0.2) is 0 Å². The third-order valence-electron chi connectivity index (χ3n) is 7.47. The number of likely N-dealkylation sites (N-methyl/N-ethyl adjacent to an activating group) is 1. The summed E-state index contributed by atoms with van der Waals surface area (Å²) < 4.78 is 41.5. The molecule has 1 N–H and O–H groups in total. The highest BCUT2D eigenvalue weighted by Crippen LogP contribution is 2.39. The summed E-state index contributed by atoms with van der Waals surface area (Å²) in [5.41, 5.74) is 0.0311. The van der Waals surface area contributed by atoms with E-state index in [1.165, 1.54) is 0 Å². The number of benzene rings is 1. The smallest absolute Gasteiger partial charge is 0.336 e. The van der Waals surface area contributed by atoms with Gasteiger partial charge >= 0.3 is 6.18 Å². The predicted octanol–water partition coefficient (Wildman–Crippen LogP) is 5.20. The Balaban J connectivity index is 1.53. The highest BCUT2D eigenvalue weighted by Gasteiger charge is 2.38. The van der Waals surface area contributed by atoms with Crippen LogP contribution >= 0.6 is 0 Å². The van der Waals surface area contributed by atoms with Crippen molar-refractivity contribution in [2.24, 2.45) is 17.8 Å². The minimum absolute atomic E-state index is 0.0280. The van der Waals surface area contributed by atoms with Crippen molar-refractivity contribution in [3.8, 4) is 0 Å². The van der Waals surface area contributed by atoms with E-state index in [-0.39, 0.29) is 47.5 Å². The maximum absolute atomic E-state index is 13.8. The SMILES string of the molecule is CC(C)CC(=O)[C@H]1CCC[C@H]1Cc1nc(Nc2cccc(C(=O)N3CCN(C)CC3)c2)ncc1C(F)(F)F. The molecule has 1 aliphatic carbocycles. The van der Waals surface area contributed by atoms with Crippen LogP contribution in [-0.2, 0) is 17.4 Å². The standard InChI is InChI=1S/C28H36F3N5O2/c1-18(2)14-25(37)22-9-5-6-19(22)16-24-23(28(29,30)31)17-32-27(34-24)33-21-8-4-7-20(15-21)26(38)36-12-10-35(3)11-13-36/h4,7-8,15,17-19,22H,5-6,9-14,16H2,1-3H3,(H,32,33,34)/t19-,22-/m0/s1. The molecule has 38 heavy (non-hydrogen) atoms. The van der Waals surface area contributed by atoms with Crippen molar-refractivity contribution >= 4 is 23.3 Å². The Kier molecular flexibility index (Phi) is 8.70. The fourth-order valence-electron chi connectivity index (χ4n) is 5.43. The van der Waals surface area contributed by atoms with E-state index in [0.29, 0.717) is 43.6 Å². The molecule has 2 aliphatic rings. The first-order valence-electron chi connectivity index (χ1n) is 13.3. The van der Waals surface area contributed by atoms with E-state index in [1.54, 1.807) is 29.2 Å². The van der Waals surface area contributed by atoms with Crippen molar-refractivity contribution in [2.45, 2.75) is 52.1 Å². The molecule has 1 amide bonds. The van der Waals surface area contributed by atoms with Crippen LogP contribution in [0.15, 0.2) is 30.5 Å². The number of halogens is 3. The van der Waals surface area contributed by atoms with Crippen molar-refractivity contribution in [3.05, 3.63) is 47.3 Å². The summed E-state index contributed by atoms with van der Waals surface area (Å²) >= 11 is 0. The van der Waals surface area contributed by atoms with Gasteiger partial charge < -0.3 is 15.1 Å². The highest BCUT2D eigenvalue weighted by molar-refractivity contribution is 5.95. The second kappa shape index (κ2) is 11.8. The number of amides is 1. The van der Waals surface area contributed by atoms with Crippen molar-refractivity contribution in [1.29, 1.82) is 0 Å². The molecule has 2 atom stereocenters. The molecule has 7 nitrogen and oxygen atoms in total. The molecule has 0 unspecified atom stereocenters. The molecular weight excluding hydrogens is 495 g/mol. The van der Waals surface area contributed by atoms with E-state index >= 15 is 0 Å². The molecule has 2 heterocycles. The average molecular weight is 532 g/mol. The van der Waals surface area contributed by atoms with Crippen LogP contribution in [-0.4, -0.2) is 64.7 Å². The van der Waals surface area contributed by atoms with Crippen molar-refractivity contribution in [2.75, 3.05) is 38.5 Å². The number of hydrogen-bond donors (Lipinski definition) is 1. The first-order chi connectivity index (χ1) is 18.0. The molecule has 0 spiro atoms. The number of hydrogen-bond acceptors (Lipinski definition) is 6. The third-order valence-corrected chi connectivity index (χ3v) is 7.47. The number of nitrogens with one attached hydrogen (secondary N) is 1. The van der Waals surface area contributed by atoms with E-state index in [9.17, 15) is 22.8 Å².